The maximum atomic E-state index is 14.5. The second-order valence-corrected chi connectivity index (χ2v) is 20.6. The number of esters is 1. The zero-order valence-corrected chi connectivity index (χ0v) is 43.1. The standard InChI is InChI=1S/C55H85NO13/c1-11-12-18-27-67-46-32-42-24-22-40(8)55(64,69-42)52(61)53(62)56-26-17-16-21-43(56)54(63)68-47(37(5)30-41-23-25-44(57)48(31-41)65-9)33-45(58)36(4)29-39(7)50(60)51(66-10)49(59)38(6)28-34(2)19-14-13-15-20-35(46)3/h13-15,19-20,29,34,36-38,40-48,50-51,57-58,60,64H,11,16-17,21-28,30-33H2,1-10H3/b15-13+,19-14-,35-20+,39-29+/t34-,36-,37-,38-,40-,41+,42+,43+,44-,45+,46+,47+,48-,50-,51+,55-/m1/s1. The number of fused-ring (bicyclic) bond motifs is 3. The summed E-state index contributed by atoms with van der Waals surface area (Å²) in [5, 5.41) is 45.9. The third-order valence-electron chi connectivity index (χ3n) is 15.0. The number of piperidine rings is 1. The molecule has 0 unspecified atom stereocenters. The molecule has 0 aromatic carbocycles. The first-order chi connectivity index (χ1) is 32.7. The summed E-state index contributed by atoms with van der Waals surface area (Å²) in [7, 11) is 2.97. The number of carbonyl (C=O) groups is 4. The van der Waals surface area contributed by atoms with Crippen molar-refractivity contribution in [3.05, 3.63) is 47.6 Å². The number of rotatable bonds is 7. The van der Waals surface area contributed by atoms with Gasteiger partial charge < -0.3 is 49.0 Å². The second-order valence-electron chi connectivity index (χ2n) is 20.6. The van der Waals surface area contributed by atoms with Crippen LogP contribution in [0.15, 0.2) is 47.6 Å². The molecule has 14 heteroatoms. The Kier molecular flexibility index (Phi) is 23.5. The summed E-state index contributed by atoms with van der Waals surface area (Å²) < 4.78 is 30.0. The number of hydrogen-bond acceptors (Lipinski definition) is 13. The van der Waals surface area contributed by atoms with Crippen molar-refractivity contribution < 1.29 is 63.3 Å². The van der Waals surface area contributed by atoms with E-state index in [4.69, 9.17) is 23.7 Å². The Morgan fingerprint density at radius 1 is 0.855 bits per heavy atom. The van der Waals surface area contributed by atoms with Gasteiger partial charge in [-0.3, -0.25) is 14.4 Å². The molecule has 4 aliphatic rings. The molecule has 3 fully saturated rings. The van der Waals surface area contributed by atoms with Crippen LogP contribution >= 0.6 is 0 Å². The smallest absolute Gasteiger partial charge is 0.329 e. The number of ether oxygens (including phenoxy) is 5. The van der Waals surface area contributed by atoms with E-state index in [1.807, 2.05) is 65.0 Å². The van der Waals surface area contributed by atoms with Gasteiger partial charge in [0.15, 0.2) is 5.78 Å². The Morgan fingerprint density at radius 3 is 2.29 bits per heavy atom. The summed E-state index contributed by atoms with van der Waals surface area (Å²) in [6.45, 7) is 15.1. The van der Waals surface area contributed by atoms with E-state index in [0.29, 0.717) is 63.4 Å². The molecule has 0 aromatic heterocycles. The molecule has 1 saturated carbocycles. The van der Waals surface area contributed by atoms with Crippen LogP contribution in [-0.4, -0.2) is 137 Å². The fourth-order valence-corrected chi connectivity index (χ4v) is 10.5. The topological polar surface area (TPSA) is 199 Å². The molecule has 0 radical (unpaired) electrons. The minimum Gasteiger partial charge on any atom is -0.460 e. The predicted molar refractivity (Wildman–Crippen MR) is 263 cm³/mol. The van der Waals surface area contributed by atoms with E-state index in [1.165, 1.54) is 12.0 Å². The number of amides is 1. The molecule has 4 rings (SSSR count). The van der Waals surface area contributed by atoms with Crippen LogP contribution in [0, 0.1) is 47.3 Å². The number of carbonyl (C=O) groups excluding carboxylic acids is 4. The van der Waals surface area contributed by atoms with Crippen LogP contribution in [0.2, 0.25) is 0 Å². The lowest BCUT2D eigenvalue weighted by Crippen LogP contribution is -2.61. The lowest BCUT2D eigenvalue weighted by atomic mass is 9.78. The van der Waals surface area contributed by atoms with Crippen molar-refractivity contribution >= 4 is 23.4 Å². The van der Waals surface area contributed by atoms with Crippen molar-refractivity contribution in [2.45, 2.75) is 200 Å². The van der Waals surface area contributed by atoms with Gasteiger partial charge in [0.2, 0.25) is 5.79 Å². The van der Waals surface area contributed by atoms with E-state index in [9.17, 15) is 39.6 Å². The first-order valence-electron chi connectivity index (χ1n) is 25.6. The van der Waals surface area contributed by atoms with Gasteiger partial charge in [0, 0.05) is 57.8 Å². The average Bonchev–Trinajstić information content (AvgIpc) is 3.32. The molecule has 0 spiro atoms. The molecule has 3 heterocycles. The zero-order chi connectivity index (χ0) is 51.0. The molecule has 2 bridgehead atoms. The van der Waals surface area contributed by atoms with Crippen LogP contribution in [0.1, 0.15) is 139 Å². The highest BCUT2D eigenvalue weighted by Gasteiger charge is 2.53. The second kappa shape index (κ2) is 27.9. The molecule has 1 aliphatic carbocycles. The molecule has 2 saturated heterocycles. The van der Waals surface area contributed by atoms with Crippen molar-refractivity contribution in [1.82, 2.24) is 4.90 Å². The van der Waals surface area contributed by atoms with E-state index >= 15 is 0 Å². The lowest BCUT2D eigenvalue weighted by molar-refractivity contribution is -0.265. The number of Topliss-reactive ketones (excluding diaryl/α,β-unsaturated/α-hetero) is 2. The Balaban J connectivity index is 1.72. The average molecular weight is 968 g/mol. The molecule has 388 valence electrons. The third-order valence-corrected chi connectivity index (χ3v) is 15.0. The quantitative estimate of drug-likeness (QED) is 0.0905. The van der Waals surface area contributed by atoms with E-state index in [0.717, 1.165) is 12.0 Å². The summed E-state index contributed by atoms with van der Waals surface area (Å²) in [6.07, 6.45) is 11.2. The van der Waals surface area contributed by atoms with Gasteiger partial charge in [0.1, 0.15) is 31.0 Å². The monoisotopic (exact) mass is 968 g/mol. The summed E-state index contributed by atoms with van der Waals surface area (Å²) >= 11 is 0. The number of methoxy groups -OCH3 is 2. The molecule has 14 nitrogen and oxygen atoms in total. The number of ketones is 2. The number of cyclic esters (lactones) is 1. The third kappa shape index (κ3) is 16.2. The maximum Gasteiger partial charge on any atom is 0.329 e. The molecular weight excluding hydrogens is 883 g/mol. The summed E-state index contributed by atoms with van der Waals surface area (Å²) in [5.74, 6) is -1.37. The number of nitrogens with zero attached hydrogens (tertiary/aromatic N) is 1. The van der Waals surface area contributed by atoms with Gasteiger partial charge in [-0.1, -0.05) is 83.9 Å². The van der Waals surface area contributed by atoms with Gasteiger partial charge >= 0.3 is 5.97 Å². The molecule has 4 N–H and O–H groups in total. The number of hydrogen-bond donors (Lipinski definition) is 4. The van der Waals surface area contributed by atoms with Gasteiger partial charge in [-0.05, 0) is 107 Å². The fraction of sp³-hybridized carbons (Fsp3) is 0.745. The first kappa shape index (κ1) is 58.1. The van der Waals surface area contributed by atoms with Gasteiger partial charge in [0.05, 0.1) is 30.5 Å². The Hall–Kier alpha value is -3.52. The van der Waals surface area contributed by atoms with Gasteiger partial charge in [-0.15, -0.1) is 5.92 Å². The fourth-order valence-electron chi connectivity index (χ4n) is 10.5. The van der Waals surface area contributed by atoms with Gasteiger partial charge in [-0.25, -0.2) is 4.79 Å². The van der Waals surface area contributed by atoms with E-state index < -0.39 is 90.0 Å². The minimum absolute atomic E-state index is 0.0118. The lowest BCUT2D eigenvalue weighted by Gasteiger charge is -2.43. The van der Waals surface area contributed by atoms with Crippen molar-refractivity contribution in [2.75, 3.05) is 27.4 Å². The highest BCUT2D eigenvalue weighted by Crippen LogP contribution is 2.38. The summed E-state index contributed by atoms with van der Waals surface area (Å²) in [6, 6.07) is -1.12. The maximum absolute atomic E-state index is 14.5. The number of allylic oxidation sites excluding steroid dienone is 5. The molecule has 0 aromatic rings. The summed E-state index contributed by atoms with van der Waals surface area (Å²) in [4.78, 5) is 58.2. The Labute approximate surface area is 412 Å². The highest BCUT2D eigenvalue weighted by molar-refractivity contribution is 6.39. The molecule has 69 heavy (non-hydrogen) atoms. The normalized spacial score (nSPS) is 39.6. The van der Waals surface area contributed by atoms with Crippen LogP contribution in [0.5, 0.6) is 0 Å². The largest absolute Gasteiger partial charge is 0.460 e. The van der Waals surface area contributed by atoms with Crippen molar-refractivity contribution in [1.29, 1.82) is 0 Å². The Bertz CT molecular complexity index is 1880. The van der Waals surface area contributed by atoms with Crippen molar-refractivity contribution in [2.24, 2.45) is 35.5 Å². The SMILES string of the molecule is CCC#CCO[C@H]1C[C@@H]2CC[C@@H](C)[C@@](O)(O2)C(=O)C(=O)N2CCCC[C@H]2C(=O)O[C@H]([C@H](C)C[C@@H]2CC[C@@H](O)[C@H](OC)C2)C[C@H](O)[C@H](C)/C=C(\C)[C@@H](O)[C@@H](OC)C(=O)[C@H](C)C[C@H](C)\C=C/C=C/C=C/1C. The minimum atomic E-state index is -2.45. The van der Waals surface area contributed by atoms with Crippen LogP contribution in [0.3, 0.4) is 0 Å². The van der Waals surface area contributed by atoms with Gasteiger partial charge in [-0.2, -0.15) is 0 Å². The summed E-state index contributed by atoms with van der Waals surface area (Å²) in [5.41, 5.74) is 1.30. The van der Waals surface area contributed by atoms with Crippen LogP contribution < -0.4 is 0 Å². The van der Waals surface area contributed by atoms with Crippen LogP contribution in [0.25, 0.3) is 0 Å². The number of aliphatic hydroxyl groups excluding tert-OH is 3. The molecule has 1 amide bonds. The molecular formula is C55H85NO13. The van der Waals surface area contributed by atoms with Gasteiger partial charge in [0.25, 0.3) is 11.7 Å². The Morgan fingerprint density at radius 2 is 1.59 bits per heavy atom. The first-order valence-corrected chi connectivity index (χ1v) is 25.6. The highest BCUT2D eigenvalue weighted by atomic mass is 16.6. The van der Waals surface area contributed by atoms with E-state index in [2.05, 4.69) is 11.8 Å². The molecule has 3 aliphatic heterocycles. The van der Waals surface area contributed by atoms with Crippen molar-refractivity contribution in [3.8, 4) is 11.8 Å². The zero-order valence-electron chi connectivity index (χ0n) is 43.1. The van der Waals surface area contributed by atoms with Crippen LogP contribution in [-0.2, 0) is 42.9 Å². The van der Waals surface area contributed by atoms with Crippen LogP contribution in [0.4, 0.5) is 0 Å². The predicted octanol–water partition coefficient (Wildman–Crippen LogP) is 6.76. The van der Waals surface area contributed by atoms with E-state index in [-0.39, 0.29) is 62.1 Å². The van der Waals surface area contributed by atoms with E-state index in [1.54, 1.807) is 34.0 Å². The van der Waals surface area contributed by atoms with Crippen molar-refractivity contribution in [3.63, 3.8) is 0 Å². The number of aliphatic hydroxyl groups is 4. The molecule has 16 atom stereocenters.